The fourth-order valence-corrected chi connectivity index (χ4v) is 2.61. The number of amides is 2. The van der Waals surface area contributed by atoms with Gasteiger partial charge in [-0.2, -0.15) is 0 Å². The molecule has 0 saturated heterocycles. The summed E-state index contributed by atoms with van der Waals surface area (Å²) >= 11 is 2.15. The van der Waals surface area contributed by atoms with Crippen LogP contribution in [0.2, 0.25) is 0 Å². The van der Waals surface area contributed by atoms with Crippen LogP contribution in [0.4, 0.5) is 0 Å². The topological polar surface area (TPSA) is 54.5 Å². The highest BCUT2D eigenvalue weighted by molar-refractivity contribution is 14.1. The highest BCUT2D eigenvalue weighted by Gasteiger charge is 2.36. The number of imide groups is 1. The summed E-state index contributed by atoms with van der Waals surface area (Å²) in [4.78, 5) is 37.6. The Hall–Kier alpha value is -2.02. The summed E-state index contributed by atoms with van der Waals surface area (Å²) in [5.74, 6) is -1.06. The second-order valence-electron chi connectivity index (χ2n) is 4.67. The van der Waals surface area contributed by atoms with Crippen molar-refractivity contribution in [1.29, 1.82) is 0 Å². The second kappa shape index (κ2) is 5.40. The molecule has 0 bridgehead atoms. The molecule has 0 radical (unpaired) electrons. The summed E-state index contributed by atoms with van der Waals surface area (Å²) in [6.45, 7) is -0.229. The van der Waals surface area contributed by atoms with Crippen molar-refractivity contribution >= 4 is 40.2 Å². The summed E-state index contributed by atoms with van der Waals surface area (Å²) in [5, 5.41) is 0. The number of carbonyl (C=O) groups is 3. The molecule has 2 aromatic rings. The Morgan fingerprint density at radius 2 is 1.43 bits per heavy atom. The summed E-state index contributed by atoms with van der Waals surface area (Å²) in [6, 6.07) is 13.6. The number of fused-ring (bicyclic) bond motifs is 1. The molecule has 0 aromatic heterocycles. The van der Waals surface area contributed by atoms with Gasteiger partial charge in [0.25, 0.3) is 11.8 Å². The summed E-state index contributed by atoms with van der Waals surface area (Å²) in [5.41, 5.74) is 1.21. The number of ketones is 1. The van der Waals surface area contributed by atoms with Gasteiger partial charge in [-0.15, -0.1) is 0 Å². The first kappa shape index (κ1) is 13.9. The molecular formula is C16H10INO3. The summed E-state index contributed by atoms with van der Waals surface area (Å²) < 4.78 is 1.02. The first-order valence-electron chi connectivity index (χ1n) is 6.32. The summed E-state index contributed by atoms with van der Waals surface area (Å²) in [7, 11) is 0. The van der Waals surface area contributed by atoms with Crippen LogP contribution in [0.15, 0.2) is 48.5 Å². The number of nitrogens with zero attached hydrogens (tertiary/aromatic N) is 1. The van der Waals surface area contributed by atoms with E-state index in [1.165, 1.54) is 0 Å². The van der Waals surface area contributed by atoms with E-state index in [9.17, 15) is 14.4 Å². The molecule has 0 N–H and O–H groups in total. The number of halogens is 1. The molecule has 1 aliphatic heterocycles. The lowest BCUT2D eigenvalue weighted by molar-refractivity contribution is 0.0624. The predicted molar refractivity (Wildman–Crippen MR) is 85.3 cm³/mol. The van der Waals surface area contributed by atoms with Crippen molar-refractivity contribution in [1.82, 2.24) is 4.90 Å². The van der Waals surface area contributed by atoms with Crippen LogP contribution in [0.3, 0.4) is 0 Å². The molecule has 0 saturated carbocycles. The van der Waals surface area contributed by atoms with Crippen molar-refractivity contribution in [3.63, 3.8) is 0 Å². The zero-order chi connectivity index (χ0) is 15.0. The standard InChI is InChI=1S/C16H10INO3/c17-11-7-5-10(6-8-11)14(19)9-18-15(20)12-3-1-2-4-13(12)16(18)21/h1-8H,9H2. The Balaban J connectivity index is 1.84. The highest BCUT2D eigenvalue weighted by Crippen LogP contribution is 2.22. The van der Waals surface area contributed by atoms with Gasteiger partial charge in [0.1, 0.15) is 0 Å². The van der Waals surface area contributed by atoms with Crippen LogP contribution >= 0.6 is 22.6 Å². The molecule has 0 atom stereocenters. The van der Waals surface area contributed by atoms with Crippen LogP contribution in [0, 0.1) is 3.57 Å². The van der Waals surface area contributed by atoms with E-state index >= 15 is 0 Å². The van der Waals surface area contributed by atoms with Crippen LogP contribution in [0.1, 0.15) is 31.1 Å². The molecule has 0 spiro atoms. The minimum absolute atomic E-state index is 0.229. The van der Waals surface area contributed by atoms with E-state index in [4.69, 9.17) is 0 Å². The Morgan fingerprint density at radius 3 is 1.95 bits per heavy atom. The van der Waals surface area contributed by atoms with E-state index in [1.807, 2.05) is 12.1 Å². The summed E-state index contributed by atoms with van der Waals surface area (Å²) in [6.07, 6.45) is 0. The van der Waals surface area contributed by atoms with E-state index < -0.39 is 11.8 Å². The maximum Gasteiger partial charge on any atom is 0.261 e. The van der Waals surface area contributed by atoms with Gasteiger partial charge < -0.3 is 0 Å². The van der Waals surface area contributed by atoms with Crippen molar-refractivity contribution in [2.75, 3.05) is 6.54 Å². The highest BCUT2D eigenvalue weighted by atomic mass is 127. The van der Waals surface area contributed by atoms with Crippen LogP contribution < -0.4 is 0 Å². The second-order valence-corrected chi connectivity index (χ2v) is 5.92. The quantitative estimate of drug-likeness (QED) is 0.460. The van der Waals surface area contributed by atoms with Crippen molar-refractivity contribution in [3.8, 4) is 0 Å². The van der Waals surface area contributed by atoms with Gasteiger partial charge in [0.05, 0.1) is 17.7 Å². The molecule has 1 heterocycles. The van der Waals surface area contributed by atoms with Crippen LogP contribution in [0.25, 0.3) is 0 Å². The van der Waals surface area contributed by atoms with Gasteiger partial charge in [-0.3, -0.25) is 19.3 Å². The fourth-order valence-electron chi connectivity index (χ4n) is 2.25. The van der Waals surface area contributed by atoms with Gasteiger partial charge in [0.2, 0.25) is 0 Å². The molecular weight excluding hydrogens is 381 g/mol. The zero-order valence-electron chi connectivity index (χ0n) is 10.9. The number of rotatable bonds is 3. The molecule has 5 heteroatoms. The van der Waals surface area contributed by atoms with Gasteiger partial charge in [-0.05, 0) is 46.9 Å². The largest absolute Gasteiger partial charge is 0.292 e. The molecule has 2 aromatic carbocycles. The monoisotopic (exact) mass is 391 g/mol. The van der Waals surface area contributed by atoms with E-state index in [2.05, 4.69) is 22.6 Å². The maximum absolute atomic E-state index is 12.2. The Morgan fingerprint density at radius 1 is 0.905 bits per heavy atom. The van der Waals surface area contributed by atoms with Crippen LogP contribution in [0.5, 0.6) is 0 Å². The number of benzene rings is 2. The number of carbonyl (C=O) groups excluding carboxylic acids is 3. The average molecular weight is 391 g/mol. The molecule has 2 amide bonds. The molecule has 4 nitrogen and oxygen atoms in total. The first-order valence-corrected chi connectivity index (χ1v) is 7.40. The molecule has 21 heavy (non-hydrogen) atoms. The maximum atomic E-state index is 12.2. The SMILES string of the molecule is O=C(CN1C(=O)c2ccccc2C1=O)c1ccc(I)cc1. The van der Waals surface area contributed by atoms with E-state index in [-0.39, 0.29) is 12.3 Å². The van der Waals surface area contributed by atoms with Gasteiger partial charge in [0.15, 0.2) is 5.78 Å². The van der Waals surface area contributed by atoms with Gasteiger partial charge >= 0.3 is 0 Å². The third-order valence-electron chi connectivity index (χ3n) is 3.35. The average Bonchev–Trinajstić information content (AvgIpc) is 2.73. The normalized spacial score (nSPS) is 13.5. The van der Waals surface area contributed by atoms with Crippen LogP contribution in [-0.2, 0) is 0 Å². The smallest absolute Gasteiger partial charge is 0.261 e. The van der Waals surface area contributed by atoms with E-state index in [0.717, 1.165) is 8.47 Å². The molecule has 0 unspecified atom stereocenters. The van der Waals surface area contributed by atoms with Crippen molar-refractivity contribution in [2.45, 2.75) is 0 Å². The Labute approximate surface area is 134 Å². The number of hydrogen-bond acceptors (Lipinski definition) is 3. The van der Waals surface area contributed by atoms with Gasteiger partial charge in [0, 0.05) is 9.13 Å². The lowest BCUT2D eigenvalue weighted by atomic mass is 10.1. The predicted octanol–water partition coefficient (Wildman–Crippen LogP) is 2.77. The number of Topliss-reactive ketones (excluding diaryl/α,β-unsaturated/α-hetero) is 1. The third kappa shape index (κ3) is 2.49. The third-order valence-corrected chi connectivity index (χ3v) is 4.07. The van der Waals surface area contributed by atoms with Gasteiger partial charge in [-0.1, -0.05) is 24.3 Å². The molecule has 0 aliphatic carbocycles. The Kier molecular flexibility index (Phi) is 3.59. The first-order chi connectivity index (χ1) is 10.1. The molecule has 1 aliphatic rings. The van der Waals surface area contributed by atoms with Crippen molar-refractivity contribution < 1.29 is 14.4 Å². The zero-order valence-corrected chi connectivity index (χ0v) is 13.0. The fraction of sp³-hybridized carbons (Fsp3) is 0.0625. The minimum Gasteiger partial charge on any atom is -0.292 e. The minimum atomic E-state index is -0.408. The van der Waals surface area contributed by atoms with Crippen molar-refractivity contribution in [3.05, 3.63) is 68.8 Å². The molecule has 0 fully saturated rings. The lowest BCUT2D eigenvalue weighted by Crippen LogP contribution is -2.34. The van der Waals surface area contributed by atoms with E-state index in [0.29, 0.717) is 16.7 Å². The lowest BCUT2D eigenvalue weighted by Gasteiger charge is -2.12. The van der Waals surface area contributed by atoms with Crippen molar-refractivity contribution in [2.24, 2.45) is 0 Å². The molecule has 104 valence electrons. The van der Waals surface area contributed by atoms with Crippen LogP contribution in [-0.4, -0.2) is 29.0 Å². The number of hydrogen-bond donors (Lipinski definition) is 0. The van der Waals surface area contributed by atoms with E-state index in [1.54, 1.807) is 36.4 Å². The Bertz CT molecular complexity index is 717. The van der Waals surface area contributed by atoms with Gasteiger partial charge in [-0.25, -0.2) is 0 Å². The molecule has 3 rings (SSSR count).